The smallest absolute Gasteiger partial charge is 0.236 e. The van der Waals surface area contributed by atoms with Gasteiger partial charge in [-0.2, -0.15) is 0 Å². The van der Waals surface area contributed by atoms with Crippen LogP contribution in [0.4, 0.5) is 0 Å². The van der Waals surface area contributed by atoms with E-state index in [1.54, 1.807) is 5.57 Å². The van der Waals surface area contributed by atoms with Crippen molar-refractivity contribution in [2.45, 2.75) is 51.0 Å². The number of rotatable bonds is 6. The summed E-state index contributed by atoms with van der Waals surface area (Å²) in [5.41, 5.74) is 1.58. The van der Waals surface area contributed by atoms with Crippen LogP contribution in [0.2, 0.25) is 0 Å². The van der Waals surface area contributed by atoms with E-state index in [0.717, 1.165) is 13.0 Å². The Balaban J connectivity index is 1.56. The fraction of sp³-hybridized carbons (Fsp3) is 0.786. The highest BCUT2D eigenvalue weighted by Crippen LogP contribution is 2.25. The van der Waals surface area contributed by atoms with Crippen LogP contribution in [0.15, 0.2) is 11.6 Å². The second-order valence-electron chi connectivity index (χ2n) is 5.27. The zero-order chi connectivity index (χ0) is 12.1. The predicted octanol–water partition coefficient (Wildman–Crippen LogP) is 2.09. The Morgan fingerprint density at radius 3 is 2.94 bits per heavy atom. The lowest BCUT2D eigenvalue weighted by atomic mass is 9.97. The summed E-state index contributed by atoms with van der Waals surface area (Å²) in [5, 5.41) is 3.26. The number of nitrogens with zero attached hydrogens (tertiary/aromatic N) is 1. The van der Waals surface area contributed by atoms with Crippen LogP contribution in [-0.4, -0.2) is 37.0 Å². The molecule has 2 rings (SSSR count). The van der Waals surface area contributed by atoms with Crippen molar-refractivity contribution < 1.29 is 4.79 Å². The van der Waals surface area contributed by atoms with E-state index >= 15 is 0 Å². The van der Waals surface area contributed by atoms with Crippen molar-refractivity contribution in [2.75, 3.05) is 20.1 Å². The summed E-state index contributed by atoms with van der Waals surface area (Å²) >= 11 is 0. The third kappa shape index (κ3) is 4.15. The van der Waals surface area contributed by atoms with Crippen LogP contribution in [0.1, 0.15) is 44.9 Å². The van der Waals surface area contributed by atoms with E-state index in [2.05, 4.69) is 11.4 Å². The molecule has 0 aromatic heterocycles. The molecule has 0 spiro atoms. The monoisotopic (exact) mass is 236 g/mol. The molecule has 0 unspecified atom stereocenters. The fourth-order valence-electron chi connectivity index (χ4n) is 2.37. The number of hydrogen-bond donors (Lipinski definition) is 1. The molecule has 3 nitrogen and oxygen atoms in total. The maximum atomic E-state index is 11.7. The quantitative estimate of drug-likeness (QED) is 0.566. The number of amides is 1. The minimum Gasteiger partial charge on any atom is -0.342 e. The minimum atomic E-state index is 0.241. The molecule has 0 radical (unpaired) electrons. The Labute approximate surface area is 104 Å². The van der Waals surface area contributed by atoms with Gasteiger partial charge in [0.25, 0.3) is 0 Å². The van der Waals surface area contributed by atoms with Crippen molar-refractivity contribution in [1.82, 2.24) is 10.2 Å². The van der Waals surface area contributed by atoms with Crippen LogP contribution in [0.3, 0.4) is 0 Å². The number of allylic oxidation sites excluding steroid dienone is 1. The lowest BCUT2D eigenvalue weighted by Gasteiger charge is -2.17. The molecule has 1 saturated carbocycles. The summed E-state index contributed by atoms with van der Waals surface area (Å²) in [5.74, 6) is 0.241. The summed E-state index contributed by atoms with van der Waals surface area (Å²) in [7, 11) is 1.92. The Morgan fingerprint density at radius 2 is 2.29 bits per heavy atom. The first-order valence-electron chi connectivity index (χ1n) is 6.91. The maximum absolute atomic E-state index is 11.7. The van der Waals surface area contributed by atoms with Gasteiger partial charge < -0.3 is 10.2 Å². The van der Waals surface area contributed by atoms with Gasteiger partial charge in [-0.05, 0) is 51.5 Å². The highest BCUT2D eigenvalue weighted by atomic mass is 16.2. The molecule has 2 aliphatic carbocycles. The third-order valence-electron chi connectivity index (χ3n) is 3.77. The molecule has 3 heteroatoms. The molecule has 0 aromatic carbocycles. The molecular weight excluding hydrogens is 212 g/mol. The van der Waals surface area contributed by atoms with Crippen molar-refractivity contribution in [1.29, 1.82) is 0 Å². The minimum absolute atomic E-state index is 0.241. The number of carbonyl (C=O) groups is 1. The zero-order valence-electron chi connectivity index (χ0n) is 10.9. The van der Waals surface area contributed by atoms with Gasteiger partial charge in [0, 0.05) is 13.1 Å². The Morgan fingerprint density at radius 1 is 1.47 bits per heavy atom. The van der Waals surface area contributed by atoms with Gasteiger partial charge in [0.15, 0.2) is 0 Å². The number of nitrogens with one attached hydrogen (secondary N) is 1. The molecule has 96 valence electrons. The molecule has 1 amide bonds. The molecule has 0 saturated heterocycles. The van der Waals surface area contributed by atoms with E-state index in [1.807, 2.05) is 11.9 Å². The van der Waals surface area contributed by atoms with Gasteiger partial charge in [-0.15, -0.1) is 0 Å². The van der Waals surface area contributed by atoms with Crippen LogP contribution >= 0.6 is 0 Å². The van der Waals surface area contributed by atoms with Gasteiger partial charge >= 0.3 is 0 Å². The molecule has 1 fully saturated rings. The van der Waals surface area contributed by atoms with E-state index in [4.69, 9.17) is 0 Å². The third-order valence-corrected chi connectivity index (χ3v) is 3.77. The topological polar surface area (TPSA) is 32.3 Å². The molecule has 0 aliphatic heterocycles. The van der Waals surface area contributed by atoms with Crippen LogP contribution in [0.25, 0.3) is 0 Å². The molecule has 0 aromatic rings. The summed E-state index contributed by atoms with van der Waals surface area (Å²) < 4.78 is 0. The summed E-state index contributed by atoms with van der Waals surface area (Å²) in [6, 6.07) is 0.533. The van der Waals surface area contributed by atoms with Crippen molar-refractivity contribution in [2.24, 2.45) is 0 Å². The molecule has 0 atom stereocenters. The van der Waals surface area contributed by atoms with Crippen LogP contribution in [0.5, 0.6) is 0 Å². The Hall–Kier alpha value is -0.830. The molecule has 0 bridgehead atoms. The largest absolute Gasteiger partial charge is 0.342 e. The first-order valence-corrected chi connectivity index (χ1v) is 6.91. The van der Waals surface area contributed by atoms with E-state index in [1.165, 1.54) is 38.5 Å². The van der Waals surface area contributed by atoms with Crippen molar-refractivity contribution in [3.8, 4) is 0 Å². The molecular formula is C14H24N2O. The number of carbonyl (C=O) groups excluding carboxylic acids is 1. The Kier molecular flexibility index (Phi) is 4.60. The second-order valence-corrected chi connectivity index (χ2v) is 5.27. The summed E-state index contributed by atoms with van der Waals surface area (Å²) in [6.07, 6.45) is 11.1. The lowest BCUT2D eigenvalue weighted by molar-refractivity contribution is -0.129. The van der Waals surface area contributed by atoms with E-state index in [9.17, 15) is 4.79 Å². The van der Waals surface area contributed by atoms with E-state index in [0.29, 0.717) is 12.6 Å². The number of hydrogen-bond acceptors (Lipinski definition) is 2. The van der Waals surface area contributed by atoms with E-state index in [-0.39, 0.29) is 5.91 Å². The normalized spacial score (nSPS) is 19.9. The van der Waals surface area contributed by atoms with Gasteiger partial charge in [0.1, 0.15) is 0 Å². The van der Waals surface area contributed by atoms with Crippen molar-refractivity contribution >= 4 is 5.91 Å². The average molecular weight is 236 g/mol. The molecule has 0 heterocycles. The SMILES string of the molecule is CN(C(=O)CNCCC1=CCCCC1)C1CC1. The summed E-state index contributed by atoms with van der Waals surface area (Å²) in [6.45, 7) is 1.44. The van der Waals surface area contributed by atoms with Gasteiger partial charge in [-0.25, -0.2) is 0 Å². The van der Waals surface area contributed by atoms with Gasteiger partial charge in [0.2, 0.25) is 5.91 Å². The van der Waals surface area contributed by atoms with Crippen LogP contribution in [0, 0.1) is 0 Å². The standard InChI is InChI=1S/C14H24N2O/c1-16(13-7-8-13)14(17)11-15-10-9-12-5-3-2-4-6-12/h5,13,15H,2-4,6-11H2,1H3. The number of likely N-dealkylation sites (N-methyl/N-ethyl adjacent to an activating group) is 1. The average Bonchev–Trinajstić information content (AvgIpc) is 3.19. The van der Waals surface area contributed by atoms with E-state index < -0.39 is 0 Å². The second kappa shape index (κ2) is 6.20. The molecule has 1 N–H and O–H groups in total. The maximum Gasteiger partial charge on any atom is 0.236 e. The summed E-state index contributed by atoms with van der Waals surface area (Å²) in [4.78, 5) is 13.6. The molecule has 17 heavy (non-hydrogen) atoms. The zero-order valence-corrected chi connectivity index (χ0v) is 10.9. The van der Waals surface area contributed by atoms with Crippen LogP contribution < -0.4 is 5.32 Å². The van der Waals surface area contributed by atoms with Gasteiger partial charge in [-0.3, -0.25) is 4.79 Å². The highest BCUT2D eigenvalue weighted by Gasteiger charge is 2.28. The van der Waals surface area contributed by atoms with Gasteiger partial charge in [-0.1, -0.05) is 11.6 Å². The van der Waals surface area contributed by atoms with Crippen molar-refractivity contribution in [3.63, 3.8) is 0 Å². The highest BCUT2D eigenvalue weighted by molar-refractivity contribution is 5.78. The first kappa shape index (κ1) is 12.6. The van der Waals surface area contributed by atoms with Crippen molar-refractivity contribution in [3.05, 3.63) is 11.6 Å². The predicted molar refractivity (Wildman–Crippen MR) is 69.8 cm³/mol. The Bertz CT molecular complexity index is 295. The lowest BCUT2D eigenvalue weighted by Crippen LogP contribution is -2.37. The van der Waals surface area contributed by atoms with Gasteiger partial charge in [0.05, 0.1) is 6.54 Å². The first-order chi connectivity index (χ1) is 8.27. The van der Waals surface area contributed by atoms with Crippen LogP contribution in [-0.2, 0) is 4.79 Å². The fourth-order valence-corrected chi connectivity index (χ4v) is 2.37. The molecule has 2 aliphatic rings.